The third kappa shape index (κ3) is 5.07. The maximum Gasteiger partial charge on any atom is 0.328 e. The average molecular weight is 360 g/mol. The van der Waals surface area contributed by atoms with E-state index < -0.39 is 12.0 Å². The number of hydrogen-bond acceptors (Lipinski definition) is 4. The summed E-state index contributed by atoms with van der Waals surface area (Å²) in [7, 11) is 0. The zero-order chi connectivity index (χ0) is 19.1. The molecule has 0 aromatic heterocycles. The molecule has 1 aromatic carbocycles. The van der Waals surface area contributed by atoms with Crippen LogP contribution in [0.2, 0.25) is 0 Å². The lowest BCUT2D eigenvalue weighted by atomic mass is 9.99. The van der Waals surface area contributed by atoms with Gasteiger partial charge in [-0.1, -0.05) is 32.4 Å². The van der Waals surface area contributed by atoms with E-state index in [9.17, 15) is 14.4 Å². The Morgan fingerprint density at radius 3 is 2.46 bits per heavy atom. The summed E-state index contributed by atoms with van der Waals surface area (Å²) in [5.74, 6) is -0.464. The van der Waals surface area contributed by atoms with Crippen molar-refractivity contribution in [1.82, 2.24) is 5.32 Å². The maximum atomic E-state index is 12.4. The number of anilines is 1. The normalized spacial score (nSPS) is 16.3. The molecule has 1 heterocycles. The predicted octanol–water partition coefficient (Wildman–Crippen LogP) is 2.45. The van der Waals surface area contributed by atoms with Crippen molar-refractivity contribution in [2.75, 3.05) is 18.1 Å². The monoisotopic (exact) mass is 360 g/mol. The van der Waals surface area contributed by atoms with Gasteiger partial charge in [0.05, 0.1) is 13.0 Å². The van der Waals surface area contributed by atoms with Gasteiger partial charge in [-0.2, -0.15) is 0 Å². The number of nitrogens with one attached hydrogen (secondary N) is 1. The Hall–Kier alpha value is -2.37. The molecule has 1 N–H and O–H groups in total. The molecule has 1 aliphatic rings. The van der Waals surface area contributed by atoms with Crippen LogP contribution in [0.3, 0.4) is 0 Å². The van der Waals surface area contributed by atoms with E-state index in [0.717, 1.165) is 30.6 Å². The summed E-state index contributed by atoms with van der Waals surface area (Å²) >= 11 is 0. The highest BCUT2D eigenvalue weighted by Gasteiger charge is 2.27. The van der Waals surface area contributed by atoms with Gasteiger partial charge in [0.25, 0.3) is 0 Å². The largest absolute Gasteiger partial charge is 0.464 e. The first-order valence-electron chi connectivity index (χ1n) is 9.31. The van der Waals surface area contributed by atoms with Crippen molar-refractivity contribution in [1.29, 1.82) is 0 Å². The van der Waals surface area contributed by atoms with Crippen molar-refractivity contribution in [3.05, 3.63) is 29.8 Å². The number of esters is 1. The molecule has 0 saturated carbocycles. The molecule has 142 valence electrons. The molecular formula is C20H28N2O4. The molecule has 26 heavy (non-hydrogen) atoms. The third-order valence-corrected chi connectivity index (χ3v) is 4.76. The molecule has 1 aliphatic heterocycles. The summed E-state index contributed by atoms with van der Waals surface area (Å²) < 4.78 is 5.07. The van der Waals surface area contributed by atoms with E-state index in [1.165, 1.54) is 0 Å². The Morgan fingerprint density at radius 2 is 1.92 bits per heavy atom. The van der Waals surface area contributed by atoms with Crippen LogP contribution in [0.15, 0.2) is 24.3 Å². The molecule has 0 unspecified atom stereocenters. The lowest BCUT2D eigenvalue weighted by Crippen LogP contribution is -2.46. The van der Waals surface area contributed by atoms with Crippen molar-refractivity contribution in [3.63, 3.8) is 0 Å². The van der Waals surface area contributed by atoms with Gasteiger partial charge >= 0.3 is 5.97 Å². The third-order valence-electron chi connectivity index (χ3n) is 4.76. The highest BCUT2D eigenvalue weighted by molar-refractivity contribution is 5.95. The van der Waals surface area contributed by atoms with Crippen molar-refractivity contribution in [2.24, 2.45) is 5.92 Å². The lowest BCUT2D eigenvalue weighted by Gasteiger charge is -2.22. The number of carbonyl (C=O) groups is 3. The molecule has 6 heteroatoms. The Labute approximate surface area is 154 Å². The Bertz CT molecular complexity index is 642. The number of carbonyl (C=O) groups excluding carboxylic acids is 3. The van der Waals surface area contributed by atoms with E-state index in [2.05, 4.69) is 5.32 Å². The second-order valence-corrected chi connectivity index (χ2v) is 6.67. The fourth-order valence-corrected chi connectivity index (χ4v) is 3.03. The Kier molecular flexibility index (Phi) is 7.18. The SMILES string of the molecule is CCOC(=O)[C@@H](NC(=O)Cc1ccc(N2CCCC2=O)cc1)[C@@H](C)CC. The van der Waals surface area contributed by atoms with Gasteiger partial charge in [-0.25, -0.2) is 4.79 Å². The van der Waals surface area contributed by atoms with Crippen LogP contribution in [0.25, 0.3) is 0 Å². The van der Waals surface area contributed by atoms with E-state index >= 15 is 0 Å². The summed E-state index contributed by atoms with van der Waals surface area (Å²) in [6.45, 7) is 6.68. The van der Waals surface area contributed by atoms with Gasteiger partial charge in [0.15, 0.2) is 0 Å². The van der Waals surface area contributed by atoms with E-state index in [1.54, 1.807) is 11.8 Å². The molecule has 1 aromatic rings. The fourth-order valence-electron chi connectivity index (χ4n) is 3.03. The van der Waals surface area contributed by atoms with E-state index in [4.69, 9.17) is 4.74 Å². The van der Waals surface area contributed by atoms with Crippen LogP contribution < -0.4 is 10.2 Å². The topological polar surface area (TPSA) is 75.7 Å². The molecule has 0 spiro atoms. The van der Waals surface area contributed by atoms with Gasteiger partial charge < -0.3 is 15.0 Å². The molecule has 2 rings (SSSR count). The van der Waals surface area contributed by atoms with Crippen molar-refractivity contribution in [2.45, 2.75) is 52.5 Å². The Balaban J connectivity index is 1.97. The molecule has 2 atom stereocenters. The molecule has 2 amide bonds. The summed E-state index contributed by atoms with van der Waals surface area (Å²) in [5, 5.41) is 2.80. The Morgan fingerprint density at radius 1 is 1.23 bits per heavy atom. The summed E-state index contributed by atoms with van der Waals surface area (Å²) in [6, 6.07) is 6.80. The molecule has 6 nitrogen and oxygen atoms in total. The van der Waals surface area contributed by atoms with E-state index in [1.807, 2.05) is 38.1 Å². The van der Waals surface area contributed by atoms with Gasteiger partial charge in [0.1, 0.15) is 6.04 Å². The minimum Gasteiger partial charge on any atom is -0.464 e. The smallest absolute Gasteiger partial charge is 0.328 e. The summed E-state index contributed by atoms with van der Waals surface area (Å²) in [6.07, 6.45) is 2.42. The first kappa shape index (κ1) is 19.9. The van der Waals surface area contributed by atoms with Crippen LogP contribution in [0.1, 0.15) is 45.6 Å². The molecule has 1 fully saturated rings. The fraction of sp³-hybridized carbons (Fsp3) is 0.550. The average Bonchev–Trinajstić information content (AvgIpc) is 3.06. The molecule has 0 aliphatic carbocycles. The van der Waals surface area contributed by atoms with Gasteiger partial charge in [-0.3, -0.25) is 9.59 Å². The molecule has 0 bridgehead atoms. The first-order chi connectivity index (χ1) is 12.5. The van der Waals surface area contributed by atoms with Gasteiger partial charge in [0, 0.05) is 18.7 Å². The van der Waals surface area contributed by atoms with Crippen LogP contribution in [-0.4, -0.2) is 37.0 Å². The second-order valence-electron chi connectivity index (χ2n) is 6.67. The molecule has 1 saturated heterocycles. The van der Waals surface area contributed by atoms with Crippen LogP contribution >= 0.6 is 0 Å². The number of ether oxygens (including phenoxy) is 1. The van der Waals surface area contributed by atoms with Crippen molar-refractivity contribution < 1.29 is 19.1 Å². The molecule has 0 radical (unpaired) electrons. The quantitative estimate of drug-likeness (QED) is 0.723. The first-order valence-corrected chi connectivity index (χ1v) is 9.31. The molecular weight excluding hydrogens is 332 g/mol. The van der Waals surface area contributed by atoms with Crippen molar-refractivity contribution in [3.8, 4) is 0 Å². The van der Waals surface area contributed by atoms with Crippen LogP contribution in [0, 0.1) is 5.92 Å². The minimum absolute atomic E-state index is 0.00144. The summed E-state index contributed by atoms with van der Waals surface area (Å²) in [5.41, 5.74) is 1.70. The highest BCUT2D eigenvalue weighted by atomic mass is 16.5. The number of hydrogen-bond donors (Lipinski definition) is 1. The number of amides is 2. The van der Waals surface area contributed by atoms with Gasteiger partial charge in [-0.15, -0.1) is 0 Å². The zero-order valence-corrected chi connectivity index (χ0v) is 15.8. The highest BCUT2D eigenvalue weighted by Crippen LogP contribution is 2.21. The predicted molar refractivity (Wildman–Crippen MR) is 99.8 cm³/mol. The summed E-state index contributed by atoms with van der Waals surface area (Å²) in [4.78, 5) is 38.0. The van der Waals surface area contributed by atoms with Crippen LogP contribution in [-0.2, 0) is 25.5 Å². The van der Waals surface area contributed by atoms with Gasteiger partial charge in [0.2, 0.25) is 11.8 Å². The van der Waals surface area contributed by atoms with Gasteiger partial charge in [-0.05, 0) is 37.0 Å². The van der Waals surface area contributed by atoms with E-state index in [-0.39, 0.29) is 24.2 Å². The van der Waals surface area contributed by atoms with E-state index in [0.29, 0.717) is 13.0 Å². The lowest BCUT2D eigenvalue weighted by molar-refractivity contribution is -0.148. The van der Waals surface area contributed by atoms with Crippen LogP contribution in [0.5, 0.6) is 0 Å². The second kappa shape index (κ2) is 9.36. The number of rotatable bonds is 8. The maximum absolute atomic E-state index is 12.4. The number of benzene rings is 1. The standard InChI is InChI=1S/C20H28N2O4/c1-4-14(3)19(20(25)26-5-2)21-17(23)13-15-8-10-16(11-9-15)22-12-6-7-18(22)24/h8-11,14,19H,4-7,12-13H2,1-3H3,(H,21,23)/t14-,19-/m0/s1. The van der Waals surface area contributed by atoms with Crippen LogP contribution in [0.4, 0.5) is 5.69 Å². The zero-order valence-electron chi connectivity index (χ0n) is 15.8. The minimum atomic E-state index is -0.631. The van der Waals surface area contributed by atoms with Crippen molar-refractivity contribution >= 4 is 23.5 Å². The number of nitrogens with zero attached hydrogens (tertiary/aromatic N) is 1.